The van der Waals surface area contributed by atoms with Crippen LogP contribution in [0, 0.1) is 10.1 Å². The molecule has 0 fully saturated rings. The van der Waals surface area contributed by atoms with Gasteiger partial charge >= 0.3 is 5.97 Å². The van der Waals surface area contributed by atoms with E-state index in [4.69, 9.17) is 11.6 Å². The van der Waals surface area contributed by atoms with Crippen molar-refractivity contribution in [2.45, 2.75) is 5.75 Å². The fraction of sp³-hybridized carbons (Fsp3) is 0.167. The van der Waals surface area contributed by atoms with Crippen molar-refractivity contribution in [1.82, 2.24) is 0 Å². The molecule has 1 N–H and O–H groups in total. The first-order valence-electron chi connectivity index (χ1n) is 7.70. The molecule has 9 heteroatoms. The average molecular weight is 409 g/mol. The molecule has 0 aliphatic heterocycles. The molecule has 27 heavy (non-hydrogen) atoms. The summed E-state index contributed by atoms with van der Waals surface area (Å²) in [4.78, 5) is 22.1. The molecule has 0 spiro atoms. The van der Waals surface area contributed by atoms with Crippen molar-refractivity contribution in [3.05, 3.63) is 68.7 Å². The molecule has 0 amide bonds. The lowest BCUT2D eigenvalue weighted by Gasteiger charge is -2.10. The van der Waals surface area contributed by atoms with Crippen LogP contribution in [0.1, 0.15) is 11.1 Å². The van der Waals surface area contributed by atoms with E-state index in [1.807, 2.05) is 0 Å². The van der Waals surface area contributed by atoms with E-state index in [2.05, 4.69) is 10.1 Å². The minimum absolute atomic E-state index is 0.155. The largest absolute Gasteiger partial charge is 0.466 e. The van der Waals surface area contributed by atoms with Gasteiger partial charge in [-0.2, -0.15) is 0 Å². The SMILES string of the molecule is COC(=O)/C=C/c1ccc(Nc2ccc(Cl)c(CS(C)=O)c2)c([N+](=O)[O-])c1. The second kappa shape index (κ2) is 9.29. The molecule has 0 radical (unpaired) electrons. The molecule has 7 nitrogen and oxygen atoms in total. The molecule has 142 valence electrons. The predicted octanol–water partition coefficient (Wildman–Crippen LogP) is 4.06. The highest BCUT2D eigenvalue weighted by Crippen LogP contribution is 2.31. The molecular formula is C18H17ClN2O5S. The number of nitro groups is 1. The summed E-state index contributed by atoms with van der Waals surface area (Å²) in [6.07, 6.45) is 4.18. The van der Waals surface area contributed by atoms with Crippen LogP contribution in [0.25, 0.3) is 6.08 Å². The number of hydrogen-bond acceptors (Lipinski definition) is 6. The number of methoxy groups -OCH3 is 1. The quantitative estimate of drug-likeness (QED) is 0.321. The van der Waals surface area contributed by atoms with E-state index >= 15 is 0 Å². The van der Waals surface area contributed by atoms with Crippen LogP contribution in [0.5, 0.6) is 0 Å². The summed E-state index contributed by atoms with van der Waals surface area (Å²) in [5.74, 6) is -0.268. The summed E-state index contributed by atoms with van der Waals surface area (Å²) in [6.45, 7) is 0. The molecule has 0 saturated heterocycles. The monoisotopic (exact) mass is 408 g/mol. The standard InChI is InChI=1S/C18H17ClN2O5S/c1-26-18(22)8-4-12-3-7-16(17(9-12)21(23)24)20-14-5-6-15(19)13(10-14)11-27(2)25/h3-10,20H,11H2,1-2H3/b8-4+. The van der Waals surface area contributed by atoms with E-state index < -0.39 is 21.7 Å². The topological polar surface area (TPSA) is 98.5 Å². The molecule has 2 rings (SSSR count). The van der Waals surface area contributed by atoms with Crippen LogP contribution >= 0.6 is 11.6 Å². The maximum atomic E-state index is 11.5. The molecule has 2 aromatic rings. The minimum Gasteiger partial charge on any atom is -0.466 e. The summed E-state index contributed by atoms with van der Waals surface area (Å²) < 4.78 is 15.9. The van der Waals surface area contributed by atoms with Gasteiger partial charge in [-0.25, -0.2) is 4.79 Å². The highest BCUT2D eigenvalue weighted by Gasteiger charge is 2.15. The summed E-state index contributed by atoms with van der Waals surface area (Å²) in [7, 11) is 0.177. The van der Waals surface area contributed by atoms with Crippen molar-refractivity contribution in [3.8, 4) is 0 Å². The maximum absolute atomic E-state index is 11.5. The van der Waals surface area contributed by atoms with E-state index in [9.17, 15) is 19.1 Å². The summed E-state index contributed by atoms with van der Waals surface area (Å²) in [5.41, 5.74) is 1.87. The van der Waals surface area contributed by atoms with Crippen molar-refractivity contribution in [3.63, 3.8) is 0 Å². The van der Waals surface area contributed by atoms with Crippen molar-refractivity contribution in [1.29, 1.82) is 0 Å². The van der Waals surface area contributed by atoms with E-state index in [-0.39, 0.29) is 17.1 Å². The summed E-state index contributed by atoms with van der Waals surface area (Å²) in [6, 6.07) is 9.55. The second-order valence-corrected chi connectivity index (χ2v) is 7.38. The minimum atomic E-state index is -1.07. The highest BCUT2D eigenvalue weighted by molar-refractivity contribution is 7.83. The Morgan fingerprint density at radius 3 is 2.70 bits per heavy atom. The number of benzene rings is 2. The van der Waals surface area contributed by atoms with E-state index in [1.165, 1.54) is 25.3 Å². The van der Waals surface area contributed by atoms with Crippen molar-refractivity contribution < 1.29 is 18.7 Å². The Balaban J connectivity index is 2.33. The predicted molar refractivity (Wildman–Crippen MR) is 107 cm³/mol. The Morgan fingerprint density at radius 1 is 1.33 bits per heavy atom. The number of nitrogens with one attached hydrogen (secondary N) is 1. The third-order valence-corrected chi connectivity index (χ3v) is 4.60. The van der Waals surface area contributed by atoms with Crippen LogP contribution < -0.4 is 5.32 Å². The third-order valence-electron chi connectivity index (χ3n) is 3.52. The van der Waals surface area contributed by atoms with Crippen molar-refractivity contribution >= 4 is 51.5 Å². The number of nitrogens with zero attached hydrogens (tertiary/aromatic N) is 1. The first kappa shape index (κ1) is 20.6. The van der Waals surface area contributed by atoms with Gasteiger partial charge in [0.25, 0.3) is 5.69 Å². The van der Waals surface area contributed by atoms with Crippen LogP contribution in [-0.2, 0) is 26.1 Å². The lowest BCUT2D eigenvalue weighted by Crippen LogP contribution is -1.99. The normalized spacial score (nSPS) is 12.0. The van der Waals surface area contributed by atoms with E-state index in [0.717, 1.165) is 0 Å². The number of nitro benzene ring substituents is 1. The number of halogens is 1. The maximum Gasteiger partial charge on any atom is 0.330 e. The highest BCUT2D eigenvalue weighted by atomic mass is 35.5. The smallest absolute Gasteiger partial charge is 0.330 e. The molecule has 0 aliphatic rings. The van der Waals surface area contributed by atoms with Crippen LogP contribution in [-0.4, -0.2) is 28.5 Å². The van der Waals surface area contributed by atoms with Gasteiger partial charge in [0.05, 0.1) is 12.0 Å². The van der Waals surface area contributed by atoms with Crippen LogP contribution in [0.2, 0.25) is 5.02 Å². The van der Waals surface area contributed by atoms with Gasteiger partial charge in [0, 0.05) is 45.7 Å². The number of rotatable bonds is 7. The number of ether oxygens (including phenoxy) is 1. The molecule has 0 bridgehead atoms. The molecule has 0 aromatic heterocycles. The van der Waals surface area contributed by atoms with Crippen LogP contribution in [0.4, 0.5) is 17.1 Å². The number of hydrogen-bond donors (Lipinski definition) is 1. The van der Waals surface area contributed by atoms with Gasteiger partial charge in [0.2, 0.25) is 0 Å². The van der Waals surface area contributed by atoms with Crippen LogP contribution in [0.15, 0.2) is 42.5 Å². The van der Waals surface area contributed by atoms with E-state index in [0.29, 0.717) is 21.8 Å². The summed E-state index contributed by atoms with van der Waals surface area (Å²) in [5, 5.41) is 14.9. The van der Waals surface area contributed by atoms with Gasteiger partial charge in [-0.3, -0.25) is 14.3 Å². The molecule has 1 unspecified atom stereocenters. The second-order valence-electron chi connectivity index (χ2n) is 5.54. The van der Waals surface area contributed by atoms with E-state index in [1.54, 1.807) is 36.6 Å². The molecule has 0 saturated carbocycles. The Kier molecular flexibility index (Phi) is 7.09. The van der Waals surface area contributed by atoms with Gasteiger partial charge < -0.3 is 10.1 Å². The molecule has 2 aromatic carbocycles. The Labute approximate surface area is 163 Å². The van der Waals surface area contributed by atoms with Crippen LogP contribution in [0.3, 0.4) is 0 Å². The molecule has 0 heterocycles. The number of anilines is 2. The van der Waals surface area contributed by atoms with Gasteiger partial charge in [-0.05, 0) is 41.5 Å². The average Bonchev–Trinajstić information content (AvgIpc) is 2.62. The third kappa shape index (κ3) is 5.90. The van der Waals surface area contributed by atoms with Crippen molar-refractivity contribution in [2.24, 2.45) is 0 Å². The Bertz CT molecular complexity index is 930. The van der Waals surface area contributed by atoms with Gasteiger partial charge in [-0.1, -0.05) is 17.7 Å². The molecule has 0 aliphatic carbocycles. The first-order valence-corrected chi connectivity index (χ1v) is 9.80. The zero-order valence-electron chi connectivity index (χ0n) is 14.6. The van der Waals surface area contributed by atoms with Crippen molar-refractivity contribution in [2.75, 3.05) is 18.7 Å². The molecule has 1 atom stereocenters. The first-order chi connectivity index (χ1) is 12.8. The molecular weight excluding hydrogens is 392 g/mol. The number of carbonyl (C=O) groups is 1. The number of carbonyl (C=O) groups excluding carboxylic acids is 1. The summed E-state index contributed by atoms with van der Waals surface area (Å²) >= 11 is 6.10. The zero-order valence-corrected chi connectivity index (χ0v) is 16.2. The zero-order chi connectivity index (χ0) is 20.0. The van der Waals surface area contributed by atoms with Gasteiger partial charge in [0.1, 0.15) is 5.69 Å². The van der Waals surface area contributed by atoms with Gasteiger partial charge in [0.15, 0.2) is 0 Å². The fourth-order valence-electron chi connectivity index (χ4n) is 2.28. The van der Waals surface area contributed by atoms with Gasteiger partial charge in [-0.15, -0.1) is 0 Å². The Morgan fingerprint density at radius 2 is 2.07 bits per heavy atom. The number of esters is 1. The lowest BCUT2D eigenvalue weighted by atomic mass is 10.1. The Hall–Kier alpha value is -2.71. The lowest BCUT2D eigenvalue weighted by molar-refractivity contribution is -0.383. The fourth-order valence-corrected chi connectivity index (χ4v) is 3.22.